The number of methoxy groups -OCH3 is 1. The molecule has 5 heteroatoms. The molecule has 0 aromatic heterocycles. The standard InChI is InChI=1S/C15H14ClNO2S/c1-19-14-7-4-11(16)8-13(14)10-2-5-12(6-3-10)20-9-15(17)18/h2-8H,9H2,1H3,(H2,17,18). The largest absolute Gasteiger partial charge is 0.496 e. The number of primary amides is 1. The van der Waals surface area contributed by atoms with Gasteiger partial charge in [0.1, 0.15) is 5.75 Å². The maximum atomic E-state index is 10.8. The van der Waals surface area contributed by atoms with Crippen molar-refractivity contribution < 1.29 is 9.53 Å². The van der Waals surface area contributed by atoms with Gasteiger partial charge < -0.3 is 10.5 Å². The minimum Gasteiger partial charge on any atom is -0.496 e. The normalized spacial score (nSPS) is 10.3. The summed E-state index contributed by atoms with van der Waals surface area (Å²) >= 11 is 7.44. The van der Waals surface area contributed by atoms with Gasteiger partial charge in [0.15, 0.2) is 0 Å². The summed E-state index contributed by atoms with van der Waals surface area (Å²) in [5, 5.41) is 0.660. The fourth-order valence-corrected chi connectivity index (χ4v) is 2.60. The van der Waals surface area contributed by atoms with Crippen LogP contribution in [0.25, 0.3) is 11.1 Å². The summed E-state index contributed by atoms with van der Waals surface area (Å²) < 4.78 is 5.34. The van der Waals surface area contributed by atoms with E-state index in [1.54, 1.807) is 13.2 Å². The Hall–Kier alpha value is -1.65. The van der Waals surface area contributed by atoms with Crippen molar-refractivity contribution >= 4 is 29.3 Å². The van der Waals surface area contributed by atoms with Crippen molar-refractivity contribution in [2.24, 2.45) is 5.73 Å². The lowest BCUT2D eigenvalue weighted by molar-refractivity contribution is -0.115. The third-order valence-corrected chi connectivity index (χ3v) is 3.98. The zero-order valence-electron chi connectivity index (χ0n) is 10.9. The molecule has 0 saturated carbocycles. The Morgan fingerprint density at radius 3 is 2.55 bits per heavy atom. The van der Waals surface area contributed by atoms with E-state index in [0.29, 0.717) is 5.02 Å². The fraction of sp³-hybridized carbons (Fsp3) is 0.133. The van der Waals surface area contributed by atoms with Crippen LogP contribution >= 0.6 is 23.4 Å². The van der Waals surface area contributed by atoms with Gasteiger partial charge in [0.05, 0.1) is 12.9 Å². The molecule has 0 aliphatic rings. The lowest BCUT2D eigenvalue weighted by atomic mass is 10.0. The van der Waals surface area contributed by atoms with Gasteiger partial charge >= 0.3 is 0 Å². The Morgan fingerprint density at radius 1 is 1.25 bits per heavy atom. The van der Waals surface area contributed by atoms with Crippen molar-refractivity contribution in [2.45, 2.75) is 4.90 Å². The first-order valence-corrected chi connectivity index (χ1v) is 7.31. The molecule has 0 heterocycles. The second-order valence-corrected chi connectivity index (χ2v) is 5.61. The summed E-state index contributed by atoms with van der Waals surface area (Å²) in [6.07, 6.45) is 0. The van der Waals surface area contributed by atoms with Crippen LogP contribution < -0.4 is 10.5 Å². The first kappa shape index (κ1) is 14.8. The molecule has 2 rings (SSSR count). The number of carbonyl (C=O) groups is 1. The summed E-state index contributed by atoms with van der Waals surface area (Å²) in [5.41, 5.74) is 7.07. The number of benzene rings is 2. The summed E-state index contributed by atoms with van der Waals surface area (Å²) in [7, 11) is 1.63. The van der Waals surface area contributed by atoms with Gasteiger partial charge in [-0.25, -0.2) is 0 Å². The number of hydrogen-bond acceptors (Lipinski definition) is 3. The van der Waals surface area contributed by atoms with Gasteiger partial charge in [-0.2, -0.15) is 0 Å². The highest BCUT2D eigenvalue weighted by molar-refractivity contribution is 8.00. The minimum atomic E-state index is -0.324. The highest BCUT2D eigenvalue weighted by atomic mass is 35.5. The monoisotopic (exact) mass is 307 g/mol. The number of ether oxygens (including phenoxy) is 1. The summed E-state index contributed by atoms with van der Waals surface area (Å²) in [6.45, 7) is 0. The zero-order chi connectivity index (χ0) is 14.5. The summed E-state index contributed by atoms with van der Waals surface area (Å²) in [4.78, 5) is 11.7. The molecule has 1 amide bonds. The van der Waals surface area contributed by atoms with Crippen LogP contribution in [-0.2, 0) is 4.79 Å². The van der Waals surface area contributed by atoms with Crippen LogP contribution in [0.5, 0.6) is 5.75 Å². The van der Waals surface area contributed by atoms with Crippen LogP contribution in [0.3, 0.4) is 0 Å². The molecular weight excluding hydrogens is 294 g/mol. The van der Waals surface area contributed by atoms with E-state index >= 15 is 0 Å². The third-order valence-electron chi connectivity index (χ3n) is 2.71. The molecule has 2 N–H and O–H groups in total. The van der Waals surface area contributed by atoms with Crippen molar-refractivity contribution in [3.8, 4) is 16.9 Å². The predicted molar refractivity (Wildman–Crippen MR) is 83.4 cm³/mol. The average molecular weight is 308 g/mol. The maximum absolute atomic E-state index is 10.8. The third kappa shape index (κ3) is 3.68. The van der Waals surface area contributed by atoms with Gasteiger partial charge in [-0.3, -0.25) is 4.79 Å². The van der Waals surface area contributed by atoms with Crippen LogP contribution in [0, 0.1) is 0 Å². The molecule has 0 atom stereocenters. The van der Waals surface area contributed by atoms with Crippen LogP contribution in [0.2, 0.25) is 5.02 Å². The molecule has 0 aliphatic heterocycles. The Labute approximate surface area is 127 Å². The Kier molecular flexibility index (Phi) is 4.93. The van der Waals surface area contributed by atoms with Gasteiger partial charge in [0.2, 0.25) is 5.91 Å². The Balaban J connectivity index is 2.25. The van der Waals surface area contributed by atoms with E-state index in [4.69, 9.17) is 22.1 Å². The maximum Gasteiger partial charge on any atom is 0.227 e. The van der Waals surface area contributed by atoms with E-state index in [2.05, 4.69) is 0 Å². The molecule has 2 aromatic rings. The highest BCUT2D eigenvalue weighted by Gasteiger charge is 2.07. The van der Waals surface area contributed by atoms with Crippen LogP contribution in [-0.4, -0.2) is 18.8 Å². The van der Waals surface area contributed by atoms with Crippen LogP contribution in [0.15, 0.2) is 47.4 Å². The van der Waals surface area contributed by atoms with E-state index in [9.17, 15) is 4.79 Å². The lowest BCUT2D eigenvalue weighted by Gasteiger charge is -2.09. The predicted octanol–water partition coefficient (Wildman–Crippen LogP) is 3.59. The van der Waals surface area contributed by atoms with Crippen molar-refractivity contribution in [1.82, 2.24) is 0 Å². The van der Waals surface area contributed by atoms with Gasteiger partial charge in [-0.05, 0) is 35.9 Å². The van der Waals surface area contributed by atoms with Crippen molar-refractivity contribution in [2.75, 3.05) is 12.9 Å². The molecule has 0 radical (unpaired) electrons. The van der Waals surface area contributed by atoms with E-state index in [0.717, 1.165) is 21.8 Å². The fourth-order valence-electron chi connectivity index (χ4n) is 1.79. The number of nitrogens with two attached hydrogens (primary N) is 1. The molecule has 104 valence electrons. The van der Waals surface area contributed by atoms with E-state index in [-0.39, 0.29) is 11.7 Å². The van der Waals surface area contributed by atoms with Crippen molar-refractivity contribution in [3.05, 3.63) is 47.5 Å². The van der Waals surface area contributed by atoms with Gasteiger partial charge in [0.25, 0.3) is 0 Å². The molecular formula is C15H14ClNO2S. The Morgan fingerprint density at radius 2 is 1.95 bits per heavy atom. The quantitative estimate of drug-likeness (QED) is 0.859. The number of halogens is 1. The minimum absolute atomic E-state index is 0.278. The summed E-state index contributed by atoms with van der Waals surface area (Å²) in [5.74, 6) is 0.724. The zero-order valence-corrected chi connectivity index (χ0v) is 12.5. The molecule has 0 unspecified atom stereocenters. The first-order chi connectivity index (χ1) is 9.60. The van der Waals surface area contributed by atoms with Crippen molar-refractivity contribution in [1.29, 1.82) is 0 Å². The number of thioether (sulfide) groups is 1. The number of amides is 1. The molecule has 20 heavy (non-hydrogen) atoms. The summed E-state index contributed by atoms with van der Waals surface area (Å²) in [6, 6.07) is 13.3. The first-order valence-electron chi connectivity index (χ1n) is 5.95. The second kappa shape index (κ2) is 6.68. The second-order valence-electron chi connectivity index (χ2n) is 4.12. The number of rotatable bonds is 5. The number of hydrogen-bond donors (Lipinski definition) is 1. The van der Waals surface area contributed by atoms with Gasteiger partial charge in [0, 0.05) is 15.5 Å². The topological polar surface area (TPSA) is 52.3 Å². The van der Waals surface area contributed by atoms with E-state index in [1.807, 2.05) is 36.4 Å². The Bertz CT molecular complexity index is 614. The smallest absolute Gasteiger partial charge is 0.227 e. The molecule has 0 aliphatic carbocycles. The molecule has 0 bridgehead atoms. The van der Waals surface area contributed by atoms with Crippen molar-refractivity contribution in [3.63, 3.8) is 0 Å². The van der Waals surface area contributed by atoms with E-state index < -0.39 is 0 Å². The lowest BCUT2D eigenvalue weighted by Crippen LogP contribution is -2.12. The molecule has 0 spiro atoms. The van der Waals surface area contributed by atoms with Gasteiger partial charge in [-0.1, -0.05) is 23.7 Å². The van der Waals surface area contributed by atoms with Gasteiger partial charge in [-0.15, -0.1) is 11.8 Å². The molecule has 0 fully saturated rings. The molecule has 2 aromatic carbocycles. The number of carbonyl (C=O) groups excluding carboxylic acids is 1. The molecule has 0 saturated heterocycles. The van der Waals surface area contributed by atoms with E-state index in [1.165, 1.54) is 11.8 Å². The average Bonchev–Trinajstić information content (AvgIpc) is 2.45. The van der Waals surface area contributed by atoms with Crippen LogP contribution in [0.4, 0.5) is 0 Å². The highest BCUT2D eigenvalue weighted by Crippen LogP contribution is 2.33. The molecule has 3 nitrogen and oxygen atoms in total. The SMILES string of the molecule is COc1ccc(Cl)cc1-c1ccc(SCC(N)=O)cc1. The van der Waals surface area contributed by atoms with Crippen LogP contribution in [0.1, 0.15) is 0 Å².